The molecule has 0 heterocycles. The Morgan fingerprint density at radius 2 is 1.42 bits per heavy atom. The minimum atomic E-state index is 0.638. The van der Waals surface area contributed by atoms with E-state index in [1.165, 1.54) is 6.42 Å². The Labute approximate surface area is 77.9 Å². The second-order valence-electron chi connectivity index (χ2n) is 4.73. The third-order valence-electron chi connectivity index (χ3n) is 2.37. The molecule has 0 saturated carbocycles. The molecule has 0 aromatic heterocycles. The van der Waals surface area contributed by atoms with Crippen LogP contribution in [0.1, 0.15) is 48.0 Å². The van der Waals surface area contributed by atoms with Crippen LogP contribution in [0.15, 0.2) is 0 Å². The van der Waals surface area contributed by atoms with Crippen molar-refractivity contribution in [3.8, 4) is 0 Å². The van der Waals surface area contributed by atoms with E-state index in [1.807, 2.05) is 0 Å². The molecule has 0 saturated heterocycles. The third-order valence-corrected chi connectivity index (χ3v) is 2.37. The molecule has 0 rings (SSSR count). The van der Waals surface area contributed by atoms with E-state index in [0.717, 1.165) is 11.8 Å². The Hall–Kier alpha value is -0.0400. The molecule has 0 fully saturated rings. The van der Waals surface area contributed by atoms with Crippen LogP contribution in [0.5, 0.6) is 0 Å². The van der Waals surface area contributed by atoms with Crippen LogP contribution >= 0.6 is 0 Å². The molecule has 0 aliphatic rings. The molecular formula is C11H25N. The van der Waals surface area contributed by atoms with Gasteiger partial charge in [-0.05, 0) is 32.1 Å². The molecule has 0 amide bonds. The molecule has 1 heteroatoms. The van der Waals surface area contributed by atoms with Crippen molar-refractivity contribution in [2.75, 3.05) is 0 Å². The summed E-state index contributed by atoms with van der Waals surface area (Å²) in [5.41, 5.74) is 0. The number of hydrogen-bond donors (Lipinski definition) is 1. The van der Waals surface area contributed by atoms with Gasteiger partial charge in [-0.1, -0.05) is 27.7 Å². The van der Waals surface area contributed by atoms with Crippen LogP contribution in [0.4, 0.5) is 0 Å². The summed E-state index contributed by atoms with van der Waals surface area (Å²) in [5.74, 6) is 1.53. The molecule has 2 atom stereocenters. The molecule has 0 aromatic carbocycles. The van der Waals surface area contributed by atoms with Crippen molar-refractivity contribution in [3.63, 3.8) is 0 Å². The normalized spacial score (nSPS) is 17.0. The Kier molecular flexibility index (Phi) is 5.56. The largest absolute Gasteiger partial charge is 0.312 e. The van der Waals surface area contributed by atoms with Gasteiger partial charge < -0.3 is 5.32 Å². The van der Waals surface area contributed by atoms with E-state index in [1.54, 1.807) is 0 Å². The third kappa shape index (κ3) is 5.59. The topological polar surface area (TPSA) is 12.0 Å². The predicted octanol–water partition coefficient (Wildman–Crippen LogP) is 3.06. The highest BCUT2D eigenvalue weighted by Crippen LogP contribution is 2.07. The number of rotatable bonds is 5. The Balaban J connectivity index is 3.61. The lowest BCUT2D eigenvalue weighted by molar-refractivity contribution is 0.350. The lowest BCUT2D eigenvalue weighted by atomic mass is 10.0. The summed E-state index contributed by atoms with van der Waals surface area (Å²) < 4.78 is 0. The predicted molar refractivity (Wildman–Crippen MR) is 56.4 cm³/mol. The van der Waals surface area contributed by atoms with Crippen molar-refractivity contribution < 1.29 is 0 Å². The van der Waals surface area contributed by atoms with E-state index in [4.69, 9.17) is 0 Å². The second-order valence-corrected chi connectivity index (χ2v) is 4.73. The maximum absolute atomic E-state index is 3.61. The molecule has 12 heavy (non-hydrogen) atoms. The van der Waals surface area contributed by atoms with Gasteiger partial charge in [0.05, 0.1) is 0 Å². The van der Waals surface area contributed by atoms with E-state index in [2.05, 4.69) is 46.9 Å². The smallest absolute Gasteiger partial charge is 0.00642 e. The van der Waals surface area contributed by atoms with E-state index in [-0.39, 0.29) is 0 Å². The summed E-state index contributed by atoms with van der Waals surface area (Å²) in [6.07, 6.45) is 1.27. The van der Waals surface area contributed by atoms with Crippen LogP contribution in [-0.4, -0.2) is 12.1 Å². The number of nitrogens with one attached hydrogen (secondary N) is 1. The van der Waals surface area contributed by atoms with Gasteiger partial charge in [0.1, 0.15) is 0 Å². The van der Waals surface area contributed by atoms with Crippen LogP contribution in [-0.2, 0) is 0 Å². The van der Waals surface area contributed by atoms with Gasteiger partial charge in [0.15, 0.2) is 0 Å². The first-order valence-electron chi connectivity index (χ1n) is 5.19. The lowest BCUT2D eigenvalue weighted by Gasteiger charge is -2.23. The van der Waals surface area contributed by atoms with Crippen LogP contribution < -0.4 is 5.32 Å². The first-order valence-corrected chi connectivity index (χ1v) is 5.19. The summed E-state index contributed by atoms with van der Waals surface area (Å²) >= 11 is 0. The fraction of sp³-hybridized carbons (Fsp3) is 1.00. The Morgan fingerprint density at radius 3 is 1.75 bits per heavy atom. The summed E-state index contributed by atoms with van der Waals surface area (Å²) in [6, 6.07) is 1.29. The van der Waals surface area contributed by atoms with Crippen molar-refractivity contribution in [3.05, 3.63) is 0 Å². The standard InChI is InChI=1S/C11H25N/c1-8(2)7-10(5)12-11(6)9(3)4/h8-12H,7H2,1-6H3/t10-,11+/m1/s1. The highest BCUT2D eigenvalue weighted by molar-refractivity contribution is 4.70. The first-order chi connectivity index (χ1) is 5.43. The van der Waals surface area contributed by atoms with E-state index >= 15 is 0 Å². The molecule has 0 aliphatic carbocycles. The molecule has 1 N–H and O–H groups in total. The molecule has 1 nitrogen and oxygen atoms in total. The van der Waals surface area contributed by atoms with Gasteiger partial charge in [-0.2, -0.15) is 0 Å². The van der Waals surface area contributed by atoms with Crippen LogP contribution in [0.2, 0.25) is 0 Å². The molecule has 0 aliphatic heterocycles. The highest BCUT2D eigenvalue weighted by atomic mass is 14.9. The quantitative estimate of drug-likeness (QED) is 0.670. The minimum Gasteiger partial charge on any atom is -0.312 e. The van der Waals surface area contributed by atoms with Gasteiger partial charge in [-0.3, -0.25) is 0 Å². The highest BCUT2D eigenvalue weighted by Gasteiger charge is 2.11. The average molecular weight is 171 g/mol. The zero-order chi connectivity index (χ0) is 9.72. The zero-order valence-corrected chi connectivity index (χ0v) is 9.52. The molecule has 0 bridgehead atoms. The van der Waals surface area contributed by atoms with Gasteiger partial charge >= 0.3 is 0 Å². The van der Waals surface area contributed by atoms with Gasteiger partial charge in [0.25, 0.3) is 0 Å². The molecule has 0 unspecified atom stereocenters. The van der Waals surface area contributed by atoms with E-state index < -0.39 is 0 Å². The minimum absolute atomic E-state index is 0.638. The second kappa shape index (κ2) is 5.58. The maximum Gasteiger partial charge on any atom is 0.00642 e. The van der Waals surface area contributed by atoms with Crippen molar-refractivity contribution in [1.82, 2.24) is 5.32 Å². The van der Waals surface area contributed by atoms with Gasteiger partial charge in [0, 0.05) is 12.1 Å². The van der Waals surface area contributed by atoms with Gasteiger partial charge in [-0.15, -0.1) is 0 Å². The molecule has 0 spiro atoms. The summed E-state index contributed by atoms with van der Waals surface area (Å²) in [5, 5.41) is 3.61. The number of hydrogen-bond acceptors (Lipinski definition) is 1. The maximum atomic E-state index is 3.61. The van der Waals surface area contributed by atoms with Gasteiger partial charge in [0.2, 0.25) is 0 Å². The zero-order valence-electron chi connectivity index (χ0n) is 9.52. The SMILES string of the molecule is CC(C)C[C@@H](C)N[C@@H](C)C(C)C. The summed E-state index contributed by atoms with van der Waals surface area (Å²) in [4.78, 5) is 0. The average Bonchev–Trinajstić information content (AvgIpc) is 1.84. The van der Waals surface area contributed by atoms with Gasteiger partial charge in [-0.25, -0.2) is 0 Å². The molecule has 0 radical (unpaired) electrons. The monoisotopic (exact) mass is 171 g/mol. The fourth-order valence-electron chi connectivity index (χ4n) is 1.42. The van der Waals surface area contributed by atoms with Crippen LogP contribution in [0.25, 0.3) is 0 Å². The first kappa shape index (κ1) is 12.0. The van der Waals surface area contributed by atoms with Crippen molar-refractivity contribution >= 4 is 0 Å². The van der Waals surface area contributed by atoms with Crippen LogP contribution in [0.3, 0.4) is 0 Å². The van der Waals surface area contributed by atoms with Crippen molar-refractivity contribution in [2.45, 2.75) is 60.0 Å². The summed E-state index contributed by atoms with van der Waals surface area (Å²) in [7, 11) is 0. The van der Waals surface area contributed by atoms with E-state index in [9.17, 15) is 0 Å². The van der Waals surface area contributed by atoms with Crippen LogP contribution in [0, 0.1) is 11.8 Å². The molecule has 0 aromatic rings. The lowest BCUT2D eigenvalue weighted by Crippen LogP contribution is -2.38. The van der Waals surface area contributed by atoms with Crippen molar-refractivity contribution in [1.29, 1.82) is 0 Å². The Bertz CT molecular complexity index is 108. The Morgan fingerprint density at radius 1 is 0.917 bits per heavy atom. The summed E-state index contributed by atoms with van der Waals surface area (Å²) in [6.45, 7) is 13.6. The molecular weight excluding hydrogens is 146 g/mol. The van der Waals surface area contributed by atoms with Crippen molar-refractivity contribution in [2.24, 2.45) is 11.8 Å². The fourth-order valence-corrected chi connectivity index (χ4v) is 1.42. The molecule has 74 valence electrons. The van der Waals surface area contributed by atoms with E-state index in [0.29, 0.717) is 12.1 Å².